The highest BCUT2D eigenvalue weighted by Crippen LogP contribution is 2.67. The van der Waals surface area contributed by atoms with Crippen LogP contribution in [0.1, 0.15) is 112 Å². The molecule has 1 amide bonds. The van der Waals surface area contributed by atoms with Crippen LogP contribution in [0.3, 0.4) is 0 Å². The minimum Gasteiger partial charge on any atom is -0.393 e. The Balaban J connectivity index is 1.22. The van der Waals surface area contributed by atoms with Crippen LogP contribution in [-0.4, -0.2) is 35.1 Å². The fraction of sp³-hybridized carbons (Fsp3) is 0.903. The zero-order chi connectivity index (χ0) is 24.3. The minimum absolute atomic E-state index is 0.111. The van der Waals surface area contributed by atoms with E-state index >= 15 is 0 Å². The molecule has 192 valence electrons. The zero-order valence-corrected chi connectivity index (χ0v) is 22.7. The molecule has 1 saturated heterocycles. The van der Waals surface area contributed by atoms with Crippen molar-refractivity contribution in [2.24, 2.45) is 45.8 Å². The third-order valence-corrected chi connectivity index (χ3v) is 12.1. The third-order valence-electron chi connectivity index (χ3n) is 12.1. The van der Waals surface area contributed by atoms with Gasteiger partial charge in [0.2, 0.25) is 5.91 Å². The van der Waals surface area contributed by atoms with Gasteiger partial charge < -0.3 is 10.0 Å². The Morgan fingerprint density at radius 3 is 2.50 bits per heavy atom. The third kappa shape index (κ3) is 4.20. The molecule has 1 aliphatic heterocycles. The zero-order valence-electron chi connectivity index (χ0n) is 22.7. The number of hydrogen-bond acceptors (Lipinski definition) is 2. The van der Waals surface area contributed by atoms with E-state index < -0.39 is 0 Å². The first-order valence-corrected chi connectivity index (χ1v) is 14.7. The highest BCUT2D eigenvalue weighted by molar-refractivity contribution is 5.76. The van der Waals surface area contributed by atoms with E-state index in [0.29, 0.717) is 28.1 Å². The fourth-order valence-corrected chi connectivity index (χ4v) is 9.69. The summed E-state index contributed by atoms with van der Waals surface area (Å²) in [6.07, 6.45) is 16.4. The lowest BCUT2D eigenvalue weighted by molar-refractivity contribution is -0.133. The second-order valence-electron chi connectivity index (χ2n) is 14.4. The molecule has 1 heterocycles. The quantitative estimate of drug-likeness (QED) is 0.451. The lowest BCUT2D eigenvalue weighted by Crippen LogP contribution is -2.50. The molecule has 1 N–H and O–H groups in total. The van der Waals surface area contributed by atoms with Crippen LogP contribution in [0.4, 0.5) is 0 Å². The first kappa shape index (κ1) is 24.8. The first-order chi connectivity index (χ1) is 16.0. The number of carbonyl (C=O) groups is 1. The van der Waals surface area contributed by atoms with Gasteiger partial charge >= 0.3 is 0 Å². The van der Waals surface area contributed by atoms with E-state index in [9.17, 15) is 9.90 Å². The highest BCUT2D eigenvalue weighted by Gasteiger charge is 2.59. The Labute approximate surface area is 209 Å². The van der Waals surface area contributed by atoms with Crippen LogP contribution < -0.4 is 0 Å². The lowest BCUT2D eigenvalue weighted by atomic mass is 9.47. The van der Waals surface area contributed by atoms with Crippen molar-refractivity contribution >= 4 is 5.91 Å². The molecular weight excluding hydrogens is 418 g/mol. The van der Waals surface area contributed by atoms with E-state index in [2.05, 4.69) is 45.6 Å². The molecule has 34 heavy (non-hydrogen) atoms. The SMILES string of the molecule is C[C@H](CCC(=O)N1CCC(C)(C)CC1)[C@H]1CC[C@H]2[C@@H]3CC=C4C[C@@H](O)CC[C@]4(C)[C@H]3CC[C@]12C. The van der Waals surface area contributed by atoms with Crippen LogP contribution in [0.25, 0.3) is 0 Å². The van der Waals surface area contributed by atoms with Crippen molar-refractivity contribution in [1.82, 2.24) is 4.90 Å². The fourth-order valence-electron chi connectivity index (χ4n) is 9.69. The number of fused-ring (bicyclic) bond motifs is 5. The van der Waals surface area contributed by atoms with E-state index in [0.717, 1.165) is 75.3 Å². The summed E-state index contributed by atoms with van der Waals surface area (Å²) in [5.74, 6) is 4.32. The lowest BCUT2D eigenvalue weighted by Gasteiger charge is -2.58. The van der Waals surface area contributed by atoms with Crippen molar-refractivity contribution in [1.29, 1.82) is 0 Å². The molecule has 4 aliphatic carbocycles. The molecule has 0 aromatic heterocycles. The van der Waals surface area contributed by atoms with E-state index in [1.165, 1.54) is 38.5 Å². The van der Waals surface area contributed by atoms with Gasteiger partial charge in [0.1, 0.15) is 0 Å². The number of carbonyl (C=O) groups excluding carboxylic acids is 1. The summed E-state index contributed by atoms with van der Waals surface area (Å²) in [7, 11) is 0. The maximum Gasteiger partial charge on any atom is 0.222 e. The number of hydrogen-bond donors (Lipinski definition) is 1. The molecule has 0 unspecified atom stereocenters. The van der Waals surface area contributed by atoms with Gasteiger partial charge in [0.15, 0.2) is 0 Å². The van der Waals surface area contributed by atoms with Gasteiger partial charge in [-0.15, -0.1) is 0 Å². The molecule has 4 fully saturated rings. The van der Waals surface area contributed by atoms with Crippen molar-refractivity contribution in [2.45, 2.75) is 118 Å². The largest absolute Gasteiger partial charge is 0.393 e. The average Bonchev–Trinajstić information content (AvgIpc) is 3.15. The number of aliphatic hydroxyl groups is 1. The van der Waals surface area contributed by atoms with Gasteiger partial charge in [-0.3, -0.25) is 4.79 Å². The van der Waals surface area contributed by atoms with E-state index in [1.54, 1.807) is 5.57 Å². The van der Waals surface area contributed by atoms with Gasteiger partial charge in [-0.2, -0.15) is 0 Å². The number of piperidine rings is 1. The van der Waals surface area contributed by atoms with Crippen molar-refractivity contribution < 1.29 is 9.90 Å². The molecule has 5 aliphatic rings. The summed E-state index contributed by atoms with van der Waals surface area (Å²) in [6, 6.07) is 0. The number of aliphatic hydroxyl groups excluding tert-OH is 1. The maximum absolute atomic E-state index is 13.0. The summed E-state index contributed by atoms with van der Waals surface area (Å²) in [6.45, 7) is 14.2. The van der Waals surface area contributed by atoms with Crippen LogP contribution in [0.15, 0.2) is 11.6 Å². The topological polar surface area (TPSA) is 40.5 Å². The molecule has 0 spiro atoms. The van der Waals surface area contributed by atoms with Crippen molar-refractivity contribution in [3.8, 4) is 0 Å². The summed E-state index contributed by atoms with van der Waals surface area (Å²) >= 11 is 0. The molecule has 3 saturated carbocycles. The molecular formula is C31H51NO2. The normalized spacial score (nSPS) is 44.5. The van der Waals surface area contributed by atoms with Crippen LogP contribution in [-0.2, 0) is 4.79 Å². The predicted octanol–water partition coefficient (Wildman–Crippen LogP) is 6.99. The molecule has 3 nitrogen and oxygen atoms in total. The second kappa shape index (κ2) is 8.93. The summed E-state index contributed by atoms with van der Waals surface area (Å²) < 4.78 is 0. The van der Waals surface area contributed by atoms with Crippen LogP contribution in [0.5, 0.6) is 0 Å². The Hall–Kier alpha value is -0.830. The van der Waals surface area contributed by atoms with E-state index in [4.69, 9.17) is 0 Å². The molecule has 0 aromatic carbocycles. The molecule has 0 radical (unpaired) electrons. The standard InChI is InChI=1S/C31H51NO2/c1-21(6-11-28(34)32-18-16-29(2,3)17-19-32)25-9-10-26-24-8-7-22-20-23(33)12-14-30(22,4)27(24)13-15-31(25,26)5/h7,21,23-27,33H,6,8-20H2,1-5H3/t21-,23+,24+,25-,26+,27+,30+,31-/m1/s1. The van der Waals surface area contributed by atoms with Gasteiger partial charge in [0.05, 0.1) is 6.10 Å². The number of allylic oxidation sites excluding steroid dienone is 1. The molecule has 3 heteroatoms. The van der Waals surface area contributed by atoms with Crippen molar-refractivity contribution in [2.75, 3.05) is 13.1 Å². The Morgan fingerprint density at radius 1 is 1.03 bits per heavy atom. The number of amides is 1. The van der Waals surface area contributed by atoms with E-state index in [-0.39, 0.29) is 6.10 Å². The van der Waals surface area contributed by atoms with Gasteiger partial charge in [0.25, 0.3) is 0 Å². The van der Waals surface area contributed by atoms with Crippen LogP contribution in [0, 0.1) is 45.8 Å². The average molecular weight is 470 g/mol. The monoisotopic (exact) mass is 469 g/mol. The maximum atomic E-state index is 13.0. The molecule has 0 aromatic rings. The number of rotatable bonds is 4. The Kier molecular flexibility index (Phi) is 6.52. The van der Waals surface area contributed by atoms with Crippen molar-refractivity contribution in [3.63, 3.8) is 0 Å². The van der Waals surface area contributed by atoms with Crippen molar-refractivity contribution in [3.05, 3.63) is 11.6 Å². The Bertz CT molecular complexity index is 806. The first-order valence-electron chi connectivity index (χ1n) is 14.7. The molecule has 0 bridgehead atoms. The summed E-state index contributed by atoms with van der Waals surface area (Å²) in [5, 5.41) is 10.3. The van der Waals surface area contributed by atoms with E-state index in [1.807, 2.05) is 0 Å². The predicted molar refractivity (Wildman–Crippen MR) is 139 cm³/mol. The number of likely N-dealkylation sites (tertiary alicyclic amines) is 1. The molecule has 5 rings (SSSR count). The smallest absolute Gasteiger partial charge is 0.222 e. The summed E-state index contributed by atoms with van der Waals surface area (Å²) in [4.78, 5) is 15.1. The van der Waals surface area contributed by atoms with Gasteiger partial charge in [-0.05, 0) is 116 Å². The highest BCUT2D eigenvalue weighted by atomic mass is 16.3. The van der Waals surface area contributed by atoms with Gasteiger partial charge in [-0.1, -0.05) is 46.3 Å². The van der Waals surface area contributed by atoms with Gasteiger partial charge in [0, 0.05) is 19.5 Å². The van der Waals surface area contributed by atoms with Crippen LogP contribution >= 0.6 is 0 Å². The number of nitrogens with zero attached hydrogens (tertiary/aromatic N) is 1. The molecule has 8 atom stereocenters. The minimum atomic E-state index is -0.111. The van der Waals surface area contributed by atoms with Crippen LogP contribution in [0.2, 0.25) is 0 Å². The Morgan fingerprint density at radius 2 is 1.76 bits per heavy atom. The summed E-state index contributed by atoms with van der Waals surface area (Å²) in [5.41, 5.74) is 2.77. The second-order valence-corrected chi connectivity index (χ2v) is 14.4. The van der Waals surface area contributed by atoms with Gasteiger partial charge in [-0.25, -0.2) is 0 Å².